The van der Waals surface area contributed by atoms with E-state index in [0.717, 1.165) is 18.2 Å². The van der Waals surface area contributed by atoms with Gasteiger partial charge in [0, 0.05) is 11.4 Å². The molecule has 164 valence electrons. The fourth-order valence-corrected chi connectivity index (χ4v) is 3.85. The van der Waals surface area contributed by atoms with E-state index < -0.39 is 58.3 Å². The Morgan fingerprint density at radius 1 is 1.06 bits per heavy atom. The number of thiophene rings is 1. The Bertz CT molecular complexity index is 1510. The third-order valence-electron chi connectivity index (χ3n) is 4.53. The number of carboxylic acid groups (broad SMARTS) is 1. The number of aromatic carboxylic acids is 1. The maximum Gasteiger partial charge on any atom is 0.346 e. The second kappa shape index (κ2) is 7.96. The van der Waals surface area contributed by atoms with Gasteiger partial charge in [0.1, 0.15) is 28.9 Å². The average Bonchev–Trinajstić information content (AvgIpc) is 3.17. The zero-order chi connectivity index (χ0) is 23.2. The topological polar surface area (TPSA) is 101 Å². The first kappa shape index (κ1) is 21.3. The van der Waals surface area contributed by atoms with Crippen LogP contribution in [0.15, 0.2) is 45.3 Å². The highest BCUT2D eigenvalue weighted by atomic mass is 32.1. The number of rotatable bonds is 5. The smallest absolute Gasteiger partial charge is 0.346 e. The summed E-state index contributed by atoms with van der Waals surface area (Å²) in [6.45, 7) is -0.765. The van der Waals surface area contributed by atoms with Gasteiger partial charge in [-0.05, 0) is 24.3 Å². The minimum atomic E-state index is -1.45. The summed E-state index contributed by atoms with van der Waals surface area (Å²) >= 11 is 0.711. The molecule has 0 saturated heterocycles. The van der Waals surface area contributed by atoms with E-state index in [1.807, 2.05) is 0 Å². The van der Waals surface area contributed by atoms with Crippen molar-refractivity contribution in [1.82, 2.24) is 9.55 Å². The van der Waals surface area contributed by atoms with Gasteiger partial charge >= 0.3 is 11.7 Å². The zero-order valence-corrected chi connectivity index (χ0v) is 16.4. The summed E-state index contributed by atoms with van der Waals surface area (Å²) in [7, 11) is 0. The highest BCUT2D eigenvalue weighted by Crippen LogP contribution is 2.24. The number of halogens is 4. The van der Waals surface area contributed by atoms with E-state index in [0.29, 0.717) is 28.0 Å². The molecule has 0 bridgehead atoms. The third kappa shape index (κ3) is 3.54. The molecule has 0 unspecified atom stereocenters. The highest BCUT2D eigenvalue weighted by molar-refractivity contribution is 7.13. The molecule has 0 saturated carbocycles. The molecule has 32 heavy (non-hydrogen) atoms. The number of nitrogens with one attached hydrogen (secondary N) is 1. The van der Waals surface area contributed by atoms with Crippen LogP contribution in [0.25, 0.3) is 16.6 Å². The molecule has 2 aromatic heterocycles. The molecule has 0 amide bonds. The molecule has 0 atom stereocenters. The molecule has 7 nitrogen and oxygen atoms in total. The van der Waals surface area contributed by atoms with E-state index >= 15 is 0 Å². The van der Waals surface area contributed by atoms with E-state index in [2.05, 4.69) is 4.98 Å². The van der Waals surface area contributed by atoms with Crippen molar-refractivity contribution in [2.45, 2.75) is 6.61 Å². The molecule has 0 aliphatic rings. The van der Waals surface area contributed by atoms with Gasteiger partial charge in [-0.25, -0.2) is 31.7 Å². The van der Waals surface area contributed by atoms with Crippen molar-refractivity contribution in [2.24, 2.45) is 0 Å². The number of ether oxygens (including phenoxy) is 1. The third-order valence-corrected chi connectivity index (χ3v) is 5.50. The summed E-state index contributed by atoms with van der Waals surface area (Å²) in [4.78, 5) is 38.6. The molecule has 0 fully saturated rings. The first-order valence-electron chi connectivity index (χ1n) is 8.74. The van der Waals surface area contributed by atoms with Crippen molar-refractivity contribution < 1.29 is 32.2 Å². The SMILES string of the molecule is O=C(O)c1scc2[nH]c(=O)n(-c3cc(OCc4c(F)ccc(F)c4F)ccc3F)c(=O)c12. The Hall–Kier alpha value is -3.93. The summed E-state index contributed by atoms with van der Waals surface area (Å²) in [6, 6.07) is 4.14. The van der Waals surface area contributed by atoms with Gasteiger partial charge in [0.25, 0.3) is 5.56 Å². The molecule has 2 aromatic carbocycles. The molecule has 4 rings (SSSR count). The minimum absolute atomic E-state index is 0.0245. The van der Waals surface area contributed by atoms with Crippen LogP contribution >= 0.6 is 11.3 Å². The Morgan fingerprint density at radius 3 is 2.47 bits per heavy atom. The largest absolute Gasteiger partial charge is 0.489 e. The van der Waals surface area contributed by atoms with Gasteiger partial charge in [-0.3, -0.25) is 4.79 Å². The van der Waals surface area contributed by atoms with Gasteiger partial charge in [-0.15, -0.1) is 11.3 Å². The van der Waals surface area contributed by atoms with Crippen LogP contribution in [0.5, 0.6) is 5.75 Å². The van der Waals surface area contributed by atoms with Gasteiger partial charge in [-0.1, -0.05) is 0 Å². The maximum atomic E-state index is 14.5. The number of hydrogen-bond donors (Lipinski definition) is 2. The first-order valence-corrected chi connectivity index (χ1v) is 9.62. The first-order chi connectivity index (χ1) is 15.2. The van der Waals surface area contributed by atoms with Crippen LogP contribution in [0.3, 0.4) is 0 Å². The van der Waals surface area contributed by atoms with Crippen molar-refractivity contribution in [3.05, 3.63) is 90.3 Å². The van der Waals surface area contributed by atoms with Crippen LogP contribution in [0.1, 0.15) is 15.2 Å². The molecule has 12 heteroatoms. The highest BCUT2D eigenvalue weighted by Gasteiger charge is 2.21. The predicted octanol–water partition coefficient (Wildman–Crippen LogP) is 3.57. The number of carboxylic acids is 1. The number of carbonyl (C=O) groups is 1. The zero-order valence-electron chi connectivity index (χ0n) is 15.6. The second-order valence-corrected chi connectivity index (χ2v) is 7.33. The van der Waals surface area contributed by atoms with E-state index in [-0.39, 0.29) is 21.5 Å². The van der Waals surface area contributed by atoms with Crippen LogP contribution in [-0.2, 0) is 6.61 Å². The lowest BCUT2D eigenvalue weighted by Gasteiger charge is -2.11. The van der Waals surface area contributed by atoms with Crippen molar-refractivity contribution in [1.29, 1.82) is 0 Å². The Balaban J connectivity index is 1.79. The number of fused-ring (bicyclic) bond motifs is 1. The van der Waals surface area contributed by atoms with Crippen LogP contribution in [-0.4, -0.2) is 20.6 Å². The van der Waals surface area contributed by atoms with Crippen LogP contribution in [0.2, 0.25) is 0 Å². The van der Waals surface area contributed by atoms with Gasteiger partial charge < -0.3 is 14.8 Å². The summed E-state index contributed by atoms with van der Waals surface area (Å²) in [5.41, 5.74) is -3.45. The van der Waals surface area contributed by atoms with E-state index in [9.17, 15) is 37.1 Å². The van der Waals surface area contributed by atoms with Crippen molar-refractivity contribution in [2.75, 3.05) is 0 Å². The van der Waals surface area contributed by atoms with Crippen molar-refractivity contribution in [3.63, 3.8) is 0 Å². The van der Waals surface area contributed by atoms with Gasteiger partial charge in [0.05, 0.1) is 22.2 Å². The van der Waals surface area contributed by atoms with Crippen molar-refractivity contribution in [3.8, 4) is 11.4 Å². The second-order valence-electron chi connectivity index (χ2n) is 6.45. The summed E-state index contributed by atoms with van der Waals surface area (Å²) in [6.07, 6.45) is 0. The molecular formula is C20H10F4N2O5S. The molecule has 0 spiro atoms. The van der Waals surface area contributed by atoms with Crippen LogP contribution in [0, 0.1) is 23.3 Å². The van der Waals surface area contributed by atoms with Gasteiger partial charge in [-0.2, -0.15) is 0 Å². The van der Waals surface area contributed by atoms with Crippen LogP contribution in [0.4, 0.5) is 17.6 Å². The number of H-pyrrole nitrogens is 1. The van der Waals surface area contributed by atoms with Gasteiger partial charge in [0.2, 0.25) is 0 Å². The molecule has 0 radical (unpaired) electrons. The lowest BCUT2D eigenvalue weighted by molar-refractivity contribution is 0.0704. The fraction of sp³-hybridized carbons (Fsp3) is 0.0500. The predicted molar refractivity (Wildman–Crippen MR) is 106 cm³/mol. The van der Waals surface area contributed by atoms with Gasteiger partial charge in [0.15, 0.2) is 11.6 Å². The quantitative estimate of drug-likeness (QED) is 0.346. The Morgan fingerprint density at radius 2 is 1.75 bits per heavy atom. The fourth-order valence-electron chi connectivity index (χ4n) is 3.02. The number of benzene rings is 2. The van der Waals surface area contributed by atoms with Crippen LogP contribution < -0.4 is 16.0 Å². The lowest BCUT2D eigenvalue weighted by atomic mass is 10.2. The molecule has 4 aromatic rings. The summed E-state index contributed by atoms with van der Waals surface area (Å²) in [5, 5.41) is 10.2. The number of aromatic nitrogens is 2. The number of aromatic amines is 1. The molecule has 2 N–H and O–H groups in total. The monoisotopic (exact) mass is 466 g/mol. The molecule has 2 heterocycles. The molecule has 0 aliphatic carbocycles. The summed E-state index contributed by atoms with van der Waals surface area (Å²) in [5.74, 6) is -6.44. The van der Waals surface area contributed by atoms with E-state index in [1.54, 1.807) is 0 Å². The standard InChI is InChI=1S/C20H10F4N2O5S/c21-10-3-4-12(23)16(24)9(10)6-31-8-1-2-11(22)14(5-8)26-18(27)15-13(25-20(26)30)7-32-17(15)19(28)29/h1-5,7H,6H2,(H,25,30)(H,28,29). The molecular weight excluding hydrogens is 456 g/mol. The van der Waals surface area contributed by atoms with E-state index in [1.165, 1.54) is 5.38 Å². The van der Waals surface area contributed by atoms with E-state index in [4.69, 9.17) is 4.74 Å². The number of nitrogens with zero attached hydrogens (tertiary/aromatic N) is 1. The maximum absolute atomic E-state index is 14.5. The average molecular weight is 466 g/mol. The Labute approximate surface area is 178 Å². The number of hydrogen-bond acceptors (Lipinski definition) is 5. The lowest BCUT2D eigenvalue weighted by Crippen LogP contribution is -2.34. The molecule has 0 aliphatic heterocycles. The Kier molecular flexibility index (Phi) is 5.30. The minimum Gasteiger partial charge on any atom is -0.489 e. The summed E-state index contributed by atoms with van der Waals surface area (Å²) < 4.78 is 61.0. The normalized spacial score (nSPS) is 11.1. The van der Waals surface area contributed by atoms with Crippen molar-refractivity contribution >= 4 is 28.2 Å².